The maximum atomic E-state index is 9.24. The highest BCUT2D eigenvalue weighted by atomic mass is 14.2. The number of nitriles is 1. The normalized spacial score (nSPS) is 10.7. The summed E-state index contributed by atoms with van der Waals surface area (Å²) in [4.78, 5) is 0. The number of benzene rings is 4. The summed E-state index contributed by atoms with van der Waals surface area (Å²) in [6.07, 6.45) is 0.872. The molecule has 0 aliphatic heterocycles. The van der Waals surface area contributed by atoms with E-state index < -0.39 is 0 Å². The molecule has 0 aromatic heterocycles. The van der Waals surface area contributed by atoms with Gasteiger partial charge in [-0.25, -0.2) is 0 Å². The van der Waals surface area contributed by atoms with Crippen LogP contribution in [0.3, 0.4) is 0 Å². The lowest BCUT2D eigenvalue weighted by atomic mass is 9.92. The van der Waals surface area contributed by atoms with Gasteiger partial charge in [0.05, 0.1) is 11.6 Å². The quantitative estimate of drug-likeness (QED) is 0.450. The molecular formula is C22H15N. The fourth-order valence-corrected chi connectivity index (χ4v) is 3.21. The molecule has 0 saturated carbocycles. The van der Waals surface area contributed by atoms with Crippen LogP contribution >= 0.6 is 0 Å². The second-order valence-electron chi connectivity index (χ2n) is 5.79. The number of hydrogen-bond acceptors (Lipinski definition) is 1. The SMILES string of the molecule is N#Cc1ccc2c(c1)c(Cc1ccccc1)cc1ccccc12. The van der Waals surface area contributed by atoms with E-state index >= 15 is 0 Å². The van der Waals surface area contributed by atoms with E-state index in [0.717, 1.165) is 6.42 Å². The van der Waals surface area contributed by atoms with Crippen LogP contribution in [-0.4, -0.2) is 0 Å². The predicted octanol–water partition coefficient (Wildman–Crippen LogP) is 5.46. The van der Waals surface area contributed by atoms with Crippen LogP contribution in [0.2, 0.25) is 0 Å². The van der Waals surface area contributed by atoms with Crippen molar-refractivity contribution >= 4 is 21.5 Å². The molecule has 0 fully saturated rings. The Morgan fingerprint density at radius 1 is 0.696 bits per heavy atom. The first-order chi connectivity index (χ1) is 11.3. The van der Waals surface area contributed by atoms with Gasteiger partial charge in [0, 0.05) is 0 Å². The third-order valence-corrected chi connectivity index (χ3v) is 4.31. The molecule has 4 aromatic carbocycles. The Kier molecular flexibility index (Phi) is 3.29. The van der Waals surface area contributed by atoms with Gasteiger partial charge in [0.1, 0.15) is 0 Å². The zero-order valence-corrected chi connectivity index (χ0v) is 12.7. The van der Waals surface area contributed by atoms with Gasteiger partial charge in [-0.3, -0.25) is 0 Å². The molecule has 0 aliphatic carbocycles. The van der Waals surface area contributed by atoms with Crippen LogP contribution in [-0.2, 0) is 6.42 Å². The molecule has 0 atom stereocenters. The molecule has 4 aromatic rings. The van der Waals surface area contributed by atoms with Crippen molar-refractivity contribution in [2.24, 2.45) is 0 Å². The maximum absolute atomic E-state index is 9.24. The summed E-state index contributed by atoms with van der Waals surface area (Å²) in [5, 5.41) is 14.1. The van der Waals surface area contributed by atoms with Crippen molar-refractivity contribution in [3.63, 3.8) is 0 Å². The van der Waals surface area contributed by atoms with Gasteiger partial charge in [0.2, 0.25) is 0 Å². The molecule has 0 radical (unpaired) electrons. The van der Waals surface area contributed by atoms with Crippen molar-refractivity contribution in [2.75, 3.05) is 0 Å². The number of rotatable bonds is 2. The first-order valence-corrected chi connectivity index (χ1v) is 7.73. The largest absolute Gasteiger partial charge is 0.192 e. The third-order valence-electron chi connectivity index (χ3n) is 4.31. The Hall–Kier alpha value is -3.11. The van der Waals surface area contributed by atoms with Crippen LogP contribution in [0, 0.1) is 11.3 Å². The molecule has 0 N–H and O–H groups in total. The van der Waals surface area contributed by atoms with E-state index in [4.69, 9.17) is 0 Å². The summed E-state index contributed by atoms with van der Waals surface area (Å²) < 4.78 is 0. The molecule has 0 saturated heterocycles. The Balaban J connectivity index is 2.01. The summed E-state index contributed by atoms with van der Waals surface area (Å²) in [6.45, 7) is 0. The van der Waals surface area contributed by atoms with Gasteiger partial charge >= 0.3 is 0 Å². The van der Waals surface area contributed by atoms with Crippen molar-refractivity contribution < 1.29 is 0 Å². The van der Waals surface area contributed by atoms with Gasteiger partial charge in [0.25, 0.3) is 0 Å². The van der Waals surface area contributed by atoms with Crippen LogP contribution in [0.25, 0.3) is 21.5 Å². The first-order valence-electron chi connectivity index (χ1n) is 7.73. The van der Waals surface area contributed by atoms with E-state index in [1.54, 1.807) is 0 Å². The molecule has 0 heterocycles. The lowest BCUT2D eigenvalue weighted by Crippen LogP contribution is -1.92. The zero-order valence-electron chi connectivity index (χ0n) is 12.7. The molecule has 1 heteroatoms. The van der Waals surface area contributed by atoms with Crippen LogP contribution in [0.15, 0.2) is 78.9 Å². The average molecular weight is 293 g/mol. The van der Waals surface area contributed by atoms with E-state index in [1.807, 2.05) is 18.2 Å². The molecule has 0 bridgehead atoms. The lowest BCUT2D eigenvalue weighted by Gasteiger charge is -2.11. The average Bonchev–Trinajstić information content (AvgIpc) is 2.62. The summed E-state index contributed by atoms with van der Waals surface area (Å²) >= 11 is 0. The van der Waals surface area contributed by atoms with Crippen LogP contribution in [0.1, 0.15) is 16.7 Å². The minimum atomic E-state index is 0.710. The zero-order chi connectivity index (χ0) is 15.6. The first kappa shape index (κ1) is 13.5. The van der Waals surface area contributed by atoms with Crippen molar-refractivity contribution in [3.8, 4) is 6.07 Å². The monoisotopic (exact) mass is 293 g/mol. The molecule has 0 amide bonds. The van der Waals surface area contributed by atoms with E-state index in [0.29, 0.717) is 5.56 Å². The molecule has 0 spiro atoms. The van der Waals surface area contributed by atoms with Crippen molar-refractivity contribution in [2.45, 2.75) is 6.42 Å². The standard InChI is InChI=1S/C22H15N/c23-15-17-10-11-21-20-9-5-4-8-18(20)14-19(22(21)13-17)12-16-6-2-1-3-7-16/h1-11,13-14H,12H2. The van der Waals surface area contributed by atoms with Gasteiger partial charge in [-0.05, 0) is 51.2 Å². The summed E-state index contributed by atoms with van der Waals surface area (Å²) in [6, 6.07) is 29.4. The van der Waals surface area contributed by atoms with Crippen LogP contribution in [0.5, 0.6) is 0 Å². The molecule has 0 unspecified atom stereocenters. The van der Waals surface area contributed by atoms with E-state index in [9.17, 15) is 5.26 Å². The number of hydrogen-bond donors (Lipinski definition) is 0. The second kappa shape index (κ2) is 5.59. The predicted molar refractivity (Wildman–Crippen MR) is 95.4 cm³/mol. The molecule has 23 heavy (non-hydrogen) atoms. The topological polar surface area (TPSA) is 23.8 Å². The third kappa shape index (κ3) is 2.45. The fourth-order valence-electron chi connectivity index (χ4n) is 3.21. The Morgan fingerprint density at radius 2 is 1.48 bits per heavy atom. The fraction of sp³-hybridized carbons (Fsp3) is 0.0455. The molecule has 108 valence electrons. The summed E-state index contributed by atoms with van der Waals surface area (Å²) in [5.41, 5.74) is 3.26. The molecular weight excluding hydrogens is 278 g/mol. The van der Waals surface area contributed by atoms with E-state index in [1.165, 1.54) is 32.7 Å². The Bertz CT molecular complexity index is 1040. The van der Waals surface area contributed by atoms with E-state index in [2.05, 4.69) is 66.7 Å². The number of nitrogens with zero attached hydrogens (tertiary/aromatic N) is 1. The minimum absolute atomic E-state index is 0.710. The summed E-state index contributed by atoms with van der Waals surface area (Å²) in [5.74, 6) is 0. The lowest BCUT2D eigenvalue weighted by molar-refractivity contribution is 1.22. The van der Waals surface area contributed by atoms with Crippen LogP contribution in [0.4, 0.5) is 0 Å². The minimum Gasteiger partial charge on any atom is -0.192 e. The smallest absolute Gasteiger partial charge is 0.0991 e. The molecule has 0 aliphatic rings. The van der Waals surface area contributed by atoms with Gasteiger partial charge in [-0.15, -0.1) is 0 Å². The Morgan fingerprint density at radius 3 is 2.30 bits per heavy atom. The summed E-state index contributed by atoms with van der Waals surface area (Å²) in [7, 11) is 0. The van der Waals surface area contributed by atoms with Gasteiger partial charge in [-0.1, -0.05) is 66.7 Å². The van der Waals surface area contributed by atoms with Gasteiger partial charge in [-0.2, -0.15) is 5.26 Å². The highest BCUT2D eigenvalue weighted by Gasteiger charge is 2.08. The van der Waals surface area contributed by atoms with E-state index in [-0.39, 0.29) is 0 Å². The van der Waals surface area contributed by atoms with Crippen molar-refractivity contribution in [3.05, 3.63) is 95.6 Å². The number of fused-ring (bicyclic) bond motifs is 3. The van der Waals surface area contributed by atoms with Crippen molar-refractivity contribution in [1.82, 2.24) is 0 Å². The van der Waals surface area contributed by atoms with Crippen molar-refractivity contribution in [1.29, 1.82) is 5.26 Å². The maximum Gasteiger partial charge on any atom is 0.0991 e. The highest BCUT2D eigenvalue weighted by molar-refractivity contribution is 6.09. The Labute approximate surface area is 135 Å². The van der Waals surface area contributed by atoms with Gasteiger partial charge in [0.15, 0.2) is 0 Å². The molecule has 4 rings (SSSR count). The van der Waals surface area contributed by atoms with Crippen LogP contribution < -0.4 is 0 Å². The molecule has 1 nitrogen and oxygen atoms in total. The second-order valence-corrected chi connectivity index (χ2v) is 5.79. The highest BCUT2D eigenvalue weighted by Crippen LogP contribution is 2.30. The van der Waals surface area contributed by atoms with Gasteiger partial charge < -0.3 is 0 Å².